The zero-order valence-corrected chi connectivity index (χ0v) is 27.0. The first-order valence-corrected chi connectivity index (χ1v) is 16.3. The molecule has 3 amide bonds. The first-order chi connectivity index (χ1) is 21.9. The van der Waals surface area contributed by atoms with E-state index in [-0.39, 0.29) is 38.7 Å². The number of alkyl carbamates (subject to hydrolysis) is 1. The number of hydrogen-bond donors (Lipinski definition) is 3. The highest BCUT2D eigenvalue weighted by atomic mass is 16.6. The smallest absolute Gasteiger partial charge is 0.408 e. The van der Waals surface area contributed by atoms with Crippen LogP contribution in [0.1, 0.15) is 77.0 Å². The summed E-state index contributed by atoms with van der Waals surface area (Å²) in [7, 11) is 0. The van der Waals surface area contributed by atoms with Crippen molar-refractivity contribution in [2.45, 2.75) is 109 Å². The number of ether oxygens (including phenoxy) is 3. The van der Waals surface area contributed by atoms with Gasteiger partial charge in [-0.15, -0.1) is 0 Å². The number of amides is 3. The molecule has 0 unspecified atom stereocenters. The summed E-state index contributed by atoms with van der Waals surface area (Å²) in [6.45, 7) is 5.45. The van der Waals surface area contributed by atoms with Crippen LogP contribution in [0, 0.1) is 23.7 Å². The summed E-state index contributed by atoms with van der Waals surface area (Å²) in [5.41, 5.74) is 5.98. The number of primary amides is 1. The summed E-state index contributed by atoms with van der Waals surface area (Å²) in [5.74, 6) is 0.875. The lowest BCUT2D eigenvalue weighted by molar-refractivity contribution is -0.149. The van der Waals surface area contributed by atoms with Gasteiger partial charge < -0.3 is 35.1 Å². The van der Waals surface area contributed by atoms with Gasteiger partial charge in [-0.2, -0.15) is 0 Å². The van der Waals surface area contributed by atoms with Crippen LogP contribution in [0.3, 0.4) is 0 Å². The number of rotatable bonds is 14. The predicted molar refractivity (Wildman–Crippen MR) is 168 cm³/mol. The number of nitrogens with two attached hydrogens (primary N) is 1. The van der Waals surface area contributed by atoms with Crippen LogP contribution in [-0.2, 0) is 48.4 Å². The van der Waals surface area contributed by atoms with E-state index in [9.17, 15) is 19.2 Å². The standard InChI is InChI=1S/C34H47N5O7/c1-34(2,3)46-33(43)38-28(31(41)37-27(9-10-29(35)40)32(42)44-18-21-7-5-4-6-8-21)16-26-17-36-19-39(26)20-45-30-24-12-22-11-23(14-24)15-25(30)13-22/h4-8,17,19,22-25,27-28,30H,9-16,18,20H2,1-3H3,(H2,35,40)(H,37,41)(H,38,43)/t22?,23?,24?,25?,27-,28+,30?/m0/s1. The minimum atomic E-state index is -1.17. The van der Waals surface area contributed by atoms with Crippen molar-refractivity contribution >= 4 is 23.9 Å². The van der Waals surface area contributed by atoms with Gasteiger partial charge in [0.25, 0.3) is 0 Å². The molecular formula is C34H47N5O7. The van der Waals surface area contributed by atoms with Crippen LogP contribution >= 0.6 is 0 Å². The molecule has 4 fully saturated rings. The summed E-state index contributed by atoms with van der Waals surface area (Å²) in [4.78, 5) is 55.5. The van der Waals surface area contributed by atoms with Gasteiger partial charge in [0.1, 0.15) is 31.0 Å². The van der Waals surface area contributed by atoms with Crippen molar-refractivity contribution in [3.8, 4) is 0 Å². The Morgan fingerprint density at radius 1 is 0.978 bits per heavy atom. The number of aromatic nitrogens is 2. The predicted octanol–water partition coefficient (Wildman–Crippen LogP) is 3.61. The number of nitrogens with one attached hydrogen (secondary N) is 2. The molecule has 6 rings (SSSR count). The topological polar surface area (TPSA) is 164 Å². The molecule has 1 aromatic carbocycles. The van der Waals surface area contributed by atoms with E-state index < -0.39 is 41.6 Å². The van der Waals surface area contributed by atoms with Gasteiger partial charge in [0.15, 0.2) is 0 Å². The Morgan fingerprint density at radius 3 is 2.28 bits per heavy atom. The number of carbonyl (C=O) groups excluding carboxylic acids is 4. The quantitative estimate of drug-likeness (QED) is 0.265. The van der Waals surface area contributed by atoms with Crippen LogP contribution in [0.4, 0.5) is 4.79 Å². The van der Waals surface area contributed by atoms with E-state index in [4.69, 9.17) is 19.9 Å². The number of imidazole rings is 1. The normalized spacial score (nSPS) is 24.5. The summed E-state index contributed by atoms with van der Waals surface area (Å²) in [5, 5.41) is 5.33. The monoisotopic (exact) mass is 637 g/mol. The van der Waals surface area contributed by atoms with E-state index >= 15 is 0 Å². The molecule has 4 bridgehead atoms. The van der Waals surface area contributed by atoms with Gasteiger partial charge in [-0.05, 0) is 88.5 Å². The van der Waals surface area contributed by atoms with Crippen LogP contribution in [0.2, 0.25) is 0 Å². The lowest BCUT2D eigenvalue weighted by Crippen LogP contribution is -2.53. The van der Waals surface area contributed by atoms with Gasteiger partial charge in [0, 0.05) is 24.7 Å². The van der Waals surface area contributed by atoms with Crippen molar-refractivity contribution < 1.29 is 33.4 Å². The fourth-order valence-corrected chi connectivity index (χ4v) is 7.45. The van der Waals surface area contributed by atoms with Crippen molar-refractivity contribution in [3.63, 3.8) is 0 Å². The van der Waals surface area contributed by atoms with Crippen molar-refractivity contribution in [1.82, 2.24) is 20.2 Å². The molecule has 4 aliphatic rings. The molecule has 0 radical (unpaired) electrons. The van der Waals surface area contributed by atoms with Gasteiger partial charge in [-0.25, -0.2) is 14.6 Å². The maximum atomic E-state index is 13.7. The molecule has 4 N–H and O–H groups in total. The Balaban J connectivity index is 1.26. The SMILES string of the molecule is CC(C)(C)OC(=O)N[C@H](Cc1cncn1COC1C2CC3CC(C2)CC1C3)C(=O)N[C@@H](CCC(N)=O)C(=O)OCc1ccccc1. The van der Waals surface area contributed by atoms with Gasteiger partial charge in [-0.3, -0.25) is 9.59 Å². The Hall–Kier alpha value is -3.93. The molecule has 12 heteroatoms. The Labute approximate surface area is 270 Å². The second kappa shape index (κ2) is 14.7. The highest BCUT2D eigenvalue weighted by Crippen LogP contribution is 2.54. The molecular weight excluding hydrogens is 590 g/mol. The highest BCUT2D eigenvalue weighted by Gasteiger charge is 2.48. The van der Waals surface area contributed by atoms with E-state index in [1.807, 2.05) is 22.8 Å². The maximum Gasteiger partial charge on any atom is 0.408 e. The molecule has 2 atom stereocenters. The van der Waals surface area contributed by atoms with Crippen LogP contribution in [0.15, 0.2) is 42.9 Å². The van der Waals surface area contributed by atoms with Crippen LogP contribution in [-0.4, -0.2) is 57.2 Å². The third kappa shape index (κ3) is 9.08. The summed E-state index contributed by atoms with van der Waals surface area (Å²) < 4.78 is 19.3. The van der Waals surface area contributed by atoms with E-state index in [0.717, 1.165) is 17.4 Å². The zero-order valence-electron chi connectivity index (χ0n) is 27.0. The number of esters is 1. The molecule has 250 valence electrons. The zero-order chi connectivity index (χ0) is 32.8. The van der Waals surface area contributed by atoms with Crippen LogP contribution in [0.5, 0.6) is 0 Å². The molecule has 0 spiro atoms. The summed E-state index contributed by atoms with van der Waals surface area (Å²) in [6, 6.07) is 6.80. The average molecular weight is 638 g/mol. The van der Waals surface area contributed by atoms with E-state index in [1.54, 1.807) is 45.4 Å². The fourth-order valence-electron chi connectivity index (χ4n) is 7.45. The van der Waals surface area contributed by atoms with Gasteiger partial charge in [0.05, 0.1) is 12.4 Å². The first-order valence-electron chi connectivity index (χ1n) is 16.3. The lowest BCUT2D eigenvalue weighted by Gasteiger charge is -2.53. The molecule has 4 aliphatic carbocycles. The minimum Gasteiger partial charge on any atom is -0.459 e. The number of carbonyl (C=O) groups is 4. The Kier molecular flexibility index (Phi) is 10.7. The molecule has 46 heavy (non-hydrogen) atoms. The second-order valence-electron chi connectivity index (χ2n) is 14.1. The van der Waals surface area contributed by atoms with E-state index in [0.29, 0.717) is 17.5 Å². The fraction of sp³-hybridized carbons (Fsp3) is 0.618. The summed E-state index contributed by atoms with van der Waals surface area (Å²) in [6.07, 6.45) is 8.88. The Bertz CT molecular complexity index is 1340. The number of hydrogen-bond acceptors (Lipinski definition) is 8. The van der Waals surface area contributed by atoms with Crippen LogP contribution < -0.4 is 16.4 Å². The minimum absolute atomic E-state index is 0.00852. The van der Waals surface area contributed by atoms with Gasteiger partial charge in [-0.1, -0.05) is 30.3 Å². The second-order valence-corrected chi connectivity index (χ2v) is 14.1. The lowest BCUT2D eigenvalue weighted by atomic mass is 9.55. The highest BCUT2D eigenvalue weighted by molar-refractivity contribution is 5.90. The number of benzene rings is 1. The maximum absolute atomic E-state index is 13.7. The molecule has 1 aromatic heterocycles. The molecule has 0 saturated heterocycles. The summed E-state index contributed by atoms with van der Waals surface area (Å²) >= 11 is 0. The molecule has 2 aromatic rings. The third-order valence-electron chi connectivity index (χ3n) is 9.27. The van der Waals surface area contributed by atoms with Crippen molar-refractivity contribution in [2.24, 2.45) is 29.4 Å². The van der Waals surface area contributed by atoms with E-state index in [1.165, 1.54) is 32.1 Å². The third-order valence-corrected chi connectivity index (χ3v) is 9.27. The Morgan fingerprint density at radius 2 is 1.65 bits per heavy atom. The van der Waals surface area contributed by atoms with Crippen LogP contribution in [0.25, 0.3) is 0 Å². The van der Waals surface area contributed by atoms with Crippen molar-refractivity contribution in [3.05, 3.63) is 54.1 Å². The van der Waals surface area contributed by atoms with E-state index in [2.05, 4.69) is 15.6 Å². The molecule has 4 saturated carbocycles. The molecule has 0 aliphatic heterocycles. The van der Waals surface area contributed by atoms with Crippen molar-refractivity contribution in [1.29, 1.82) is 0 Å². The average Bonchev–Trinajstić information content (AvgIpc) is 3.43. The largest absolute Gasteiger partial charge is 0.459 e. The van der Waals surface area contributed by atoms with Gasteiger partial charge >= 0.3 is 12.1 Å². The molecule has 1 heterocycles. The van der Waals surface area contributed by atoms with Gasteiger partial charge in [0.2, 0.25) is 11.8 Å². The first kappa shape index (κ1) is 33.4. The van der Waals surface area contributed by atoms with Crippen molar-refractivity contribution in [2.75, 3.05) is 0 Å². The number of nitrogens with zero attached hydrogens (tertiary/aromatic N) is 2. The molecule has 12 nitrogen and oxygen atoms in total.